The third-order valence-electron chi connectivity index (χ3n) is 4.02. The second-order valence-corrected chi connectivity index (χ2v) is 6.07. The van der Waals surface area contributed by atoms with Crippen LogP contribution in [0.4, 0.5) is 11.4 Å². The number of amides is 1. The fourth-order valence-corrected chi connectivity index (χ4v) is 2.55. The van der Waals surface area contributed by atoms with Crippen LogP contribution in [0, 0.1) is 10.1 Å². The minimum Gasteiger partial charge on any atom is -0.475 e. The largest absolute Gasteiger partial charge is 0.475 e. The van der Waals surface area contributed by atoms with Gasteiger partial charge in [-0.3, -0.25) is 19.6 Å². The molecule has 0 atom stereocenters. The molecule has 0 saturated heterocycles. The van der Waals surface area contributed by atoms with Gasteiger partial charge in [-0.25, -0.2) is 4.68 Å². The Labute approximate surface area is 166 Å². The predicted octanol–water partition coefficient (Wildman–Crippen LogP) is 2.23. The van der Waals surface area contributed by atoms with E-state index in [1.807, 2.05) is 24.3 Å². The summed E-state index contributed by atoms with van der Waals surface area (Å²) in [4.78, 5) is 22.5. The number of hydrogen-bond acceptors (Lipinski definition) is 7. The fourth-order valence-electron chi connectivity index (χ4n) is 2.55. The number of rotatable bonds is 9. The molecule has 1 aromatic carbocycles. The van der Waals surface area contributed by atoms with E-state index in [-0.39, 0.29) is 24.8 Å². The van der Waals surface area contributed by atoms with Crippen LogP contribution < -0.4 is 14.8 Å². The quantitative estimate of drug-likeness (QED) is 0.431. The van der Waals surface area contributed by atoms with Gasteiger partial charge in [-0.2, -0.15) is 5.10 Å². The highest BCUT2D eigenvalue weighted by atomic mass is 16.6. The fraction of sp³-hybridized carbons (Fsp3) is 0.278. The van der Waals surface area contributed by atoms with Crippen LogP contribution in [-0.2, 0) is 24.5 Å². The van der Waals surface area contributed by atoms with Gasteiger partial charge in [-0.1, -0.05) is 19.1 Å². The van der Waals surface area contributed by atoms with Crippen LogP contribution in [-0.4, -0.2) is 37.5 Å². The summed E-state index contributed by atoms with van der Waals surface area (Å²) in [5, 5.41) is 21.6. The summed E-state index contributed by atoms with van der Waals surface area (Å²) in [5.74, 6) is 0.151. The molecule has 2 aromatic heterocycles. The lowest BCUT2D eigenvalue weighted by Crippen LogP contribution is -2.18. The van der Waals surface area contributed by atoms with Gasteiger partial charge in [0.15, 0.2) is 6.73 Å². The number of benzene rings is 1. The van der Waals surface area contributed by atoms with Crippen LogP contribution in [0.3, 0.4) is 0 Å². The highest BCUT2D eigenvalue weighted by Crippen LogP contribution is 2.23. The van der Waals surface area contributed by atoms with E-state index in [9.17, 15) is 14.9 Å². The maximum absolute atomic E-state index is 12.2. The molecule has 3 aromatic rings. The average Bonchev–Trinajstić information content (AvgIpc) is 3.33. The highest BCUT2D eigenvalue weighted by molar-refractivity contribution is 5.90. The highest BCUT2D eigenvalue weighted by Gasteiger charge is 2.21. The van der Waals surface area contributed by atoms with Crippen molar-refractivity contribution in [3.63, 3.8) is 0 Å². The van der Waals surface area contributed by atoms with Crippen LogP contribution in [0.1, 0.15) is 12.5 Å². The van der Waals surface area contributed by atoms with Crippen LogP contribution in [0.15, 0.2) is 42.9 Å². The van der Waals surface area contributed by atoms with E-state index >= 15 is 0 Å². The number of carbonyl (C=O) groups excluding carboxylic acids is 1. The van der Waals surface area contributed by atoms with Crippen molar-refractivity contribution in [2.24, 2.45) is 0 Å². The van der Waals surface area contributed by atoms with E-state index in [0.29, 0.717) is 5.69 Å². The van der Waals surface area contributed by atoms with Gasteiger partial charge in [0.25, 0.3) is 0 Å². The molecule has 1 N–H and O–H groups in total. The van der Waals surface area contributed by atoms with E-state index in [1.165, 1.54) is 23.6 Å². The summed E-state index contributed by atoms with van der Waals surface area (Å²) in [5.41, 5.74) is 1.38. The monoisotopic (exact) mass is 400 g/mol. The van der Waals surface area contributed by atoms with Gasteiger partial charge in [0.1, 0.15) is 18.5 Å². The molecule has 29 heavy (non-hydrogen) atoms. The lowest BCUT2D eigenvalue weighted by molar-refractivity contribution is -0.385. The Kier molecular flexibility index (Phi) is 6.07. The first-order valence-electron chi connectivity index (χ1n) is 8.78. The maximum atomic E-state index is 12.2. The molecule has 0 bridgehead atoms. The number of aromatic nitrogens is 4. The van der Waals surface area contributed by atoms with Gasteiger partial charge in [0, 0.05) is 0 Å². The molecule has 0 unspecified atom stereocenters. The number of carbonyl (C=O) groups is 1. The SMILES string of the molecule is CCc1ccc(OCn2cc(NC(=O)Cn3cc([N+](=O)[O-])c(OC)n3)cn2)cc1. The van der Waals surface area contributed by atoms with Crippen LogP contribution >= 0.6 is 0 Å². The Balaban J connectivity index is 1.54. The van der Waals surface area contributed by atoms with Crippen molar-refractivity contribution in [3.8, 4) is 11.6 Å². The van der Waals surface area contributed by atoms with E-state index in [2.05, 4.69) is 22.4 Å². The number of anilines is 1. The molecule has 11 heteroatoms. The van der Waals surface area contributed by atoms with Gasteiger partial charge in [0.2, 0.25) is 5.91 Å². The molecule has 2 heterocycles. The average molecular weight is 400 g/mol. The Morgan fingerprint density at radius 2 is 2.00 bits per heavy atom. The molecule has 0 aliphatic rings. The standard InChI is InChI=1S/C18H20N6O5/c1-3-13-4-6-15(7-5-13)29-12-23-9-14(8-19-23)20-17(25)11-22-10-16(24(26)27)18(21-22)28-2/h4-10H,3,11-12H2,1-2H3,(H,20,25). The van der Waals surface area contributed by atoms with Crippen LogP contribution in [0.2, 0.25) is 0 Å². The molecule has 0 spiro atoms. The Morgan fingerprint density at radius 3 is 2.62 bits per heavy atom. The van der Waals surface area contributed by atoms with Gasteiger partial charge in [0.05, 0.1) is 30.1 Å². The van der Waals surface area contributed by atoms with Gasteiger partial charge >= 0.3 is 11.6 Å². The van der Waals surface area contributed by atoms with Gasteiger partial charge in [-0.05, 0) is 24.1 Å². The van der Waals surface area contributed by atoms with E-state index < -0.39 is 10.8 Å². The normalized spacial score (nSPS) is 10.6. The molecule has 3 rings (SSSR count). The number of ether oxygens (including phenoxy) is 2. The van der Waals surface area contributed by atoms with Crippen LogP contribution in [0.5, 0.6) is 11.6 Å². The van der Waals surface area contributed by atoms with Crippen molar-refractivity contribution in [1.82, 2.24) is 19.6 Å². The van der Waals surface area contributed by atoms with Crippen molar-refractivity contribution < 1.29 is 19.2 Å². The summed E-state index contributed by atoms with van der Waals surface area (Å²) in [6.07, 6.45) is 5.19. The maximum Gasteiger partial charge on any atom is 0.350 e. The molecule has 0 fully saturated rings. The number of methoxy groups -OCH3 is 1. The molecule has 152 valence electrons. The smallest absolute Gasteiger partial charge is 0.350 e. The van der Waals surface area contributed by atoms with Crippen LogP contribution in [0.25, 0.3) is 0 Å². The first kappa shape index (κ1) is 19.9. The summed E-state index contributed by atoms with van der Waals surface area (Å²) >= 11 is 0. The molecule has 11 nitrogen and oxygen atoms in total. The third-order valence-corrected chi connectivity index (χ3v) is 4.02. The predicted molar refractivity (Wildman–Crippen MR) is 103 cm³/mol. The number of hydrogen-bond donors (Lipinski definition) is 1. The summed E-state index contributed by atoms with van der Waals surface area (Å²) in [7, 11) is 1.27. The van der Waals surface area contributed by atoms with Gasteiger partial charge < -0.3 is 14.8 Å². The summed E-state index contributed by atoms with van der Waals surface area (Å²) in [6, 6.07) is 7.78. The molecule has 0 radical (unpaired) electrons. The zero-order valence-electron chi connectivity index (χ0n) is 15.9. The molecule has 0 aliphatic carbocycles. The first-order valence-corrected chi connectivity index (χ1v) is 8.78. The lowest BCUT2D eigenvalue weighted by atomic mass is 10.2. The topological polar surface area (TPSA) is 126 Å². The number of aryl methyl sites for hydroxylation is 1. The third kappa shape index (κ3) is 5.09. The van der Waals surface area contributed by atoms with Crippen molar-refractivity contribution in [2.45, 2.75) is 26.6 Å². The Bertz CT molecular complexity index is 995. The summed E-state index contributed by atoms with van der Waals surface area (Å²) in [6.45, 7) is 2.05. The number of nitrogens with zero attached hydrogens (tertiary/aromatic N) is 5. The molecular weight excluding hydrogens is 380 g/mol. The van der Waals surface area contributed by atoms with Crippen molar-refractivity contribution in [1.29, 1.82) is 0 Å². The van der Waals surface area contributed by atoms with Crippen molar-refractivity contribution in [2.75, 3.05) is 12.4 Å². The molecule has 0 saturated carbocycles. The minimum atomic E-state index is -0.625. The zero-order valence-corrected chi connectivity index (χ0v) is 15.9. The second-order valence-electron chi connectivity index (χ2n) is 6.07. The van der Waals surface area contributed by atoms with Crippen molar-refractivity contribution in [3.05, 3.63) is 58.5 Å². The minimum absolute atomic E-state index is 0.153. The van der Waals surface area contributed by atoms with Gasteiger partial charge in [-0.15, -0.1) is 5.10 Å². The van der Waals surface area contributed by atoms with E-state index in [0.717, 1.165) is 23.0 Å². The summed E-state index contributed by atoms with van der Waals surface area (Å²) < 4.78 is 13.2. The first-order chi connectivity index (χ1) is 14.0. The molecular formula is C18H20N6O5. The Morgan fingerprint density at radius 1 is 1.24 bits per heavy atom. The number of nitro groups is 1. The molecule has 0 aliphatic heterocycles. The van der Waals surface area contributed by atoms with E-state index in [1.54, 1.807) is 6.20 Å². The Hall–Kier alpha value is -3.89. The lowest BCUT2D eigenvalue weighted by Gasteiger charge is -2.06. The number of nitrogens with one attached hydrogen (secondary N) is 1. The second kappa shape index (κ2) is 8.87. The van der Waals surface area contributed by atoms with E-state index in [4.69, 9.17) is 9.47 Å². The molecule has 1 amide bonds. The zero-order chi connectivity index (χ0) is 20.8. The van der Waals surface area contributed by atoms with Crippen molar-refractivity contribution >= 4 is 17.3 Å².